The largest absolute Gasteiger partial charge is 0.493 e. The molecule has 0 fully saturated rings. The number of carbonyl (C=O) groups is 1. The average molecular weight is 561 g/mol. The molecule has 0 radical (unpaired) electrons. The van der Waals surface area contributed by atoms with Crippen LogP contribution < -0.4 is 14.8 Å². The van der Waals surface area contributed by atoms with Gasteiger partial charge in [-0.3, -0.25) is 4.79 Å². The van der Waals surface area contributed by atoms with E-state index < -0.39 is 0 Å². The maximum Gasteiger partial charge on any atom is 0.220 e. The number of methoxy groups -OCH3 is 1. The molecule has 0 aliphatic heterocycles. The Hall–Kier alpha value is -4.51. The predicted molar refractivity (Wildman–Crippen MR) is 170 cm³/mol. The molecule has 1 heterocycles. The highest BCUT2D eigenvalue weighted by Crippen LogP contribution is 2.39. The van der Waals surface area contributed by atoms with Crippen molar-refractivity contribution in [2.45, 2.75) is 46.3 Å². The number of amides is 1. The van der Waals surface area contributed by atoms with Crippen molar-refractivity contribution in [2.24, 2.45) is 5.92 Å². The Kier molecular flexibility index (Phi) is 9.28. The highest BCUT2D eigenvalue weighted by molar-refractivity contribution is 5.87. The van der Waals surface area contributed by atoms with E-state index in [0.717, 1.165) is 34.1 Å². The van der Waals surface area contributed by atoms with Crippen LogP contribution in [0.5, 0.6) is 11.5 Å². The standard InChI is InChI=1S/C37H40N2O3/c1-26(2)22-38-37(40)21-32(30-18-19-35(41-4)36(20-30)42-25-29-10-6-5-7-11-29)33-24-39(34-13-9-8-12-31(33)34)23-28-16-14-27(3)15-17-28/h5-20,24,26,32H,21-23,25H2,1-4H3,(H,38,40)/t32-/m1/s1. The summed E-state index contributed by atoms with van der Waals surface area (Å²) in [7, 11) is 1.65. The first kappa shape index (κ1) is 29.0. The van der Waals surface area contributed by atoms with Gasteiger partial charge in [-0.1, -0.05) is 98.3 Å². The van der Waals surface area contributed by atoms with Crippen molar-refractivity contribution < 1.29 is 14.3 Å². The van der Waals surface area contributed by atoms with Gasteiger partial charge in [-0.05, 0) is 53.3 Å². The summed E-state index contributed by atoms with van der Waals surface area (Å²) in [4.78, 5) is 13.3. The Morgan fingerprint density at radius 2 is 1.60 bits per heavy atom. The molecular formula is C37H40N2O3. The Morgan fingerprint density at radius 3 is 2.33 bits per heavy atom. The van der Waals surface area contributed by atoms with E-state index in [4.69, 9.17) is 9.47 Å². The molecule has 42 heavy (non-hydrogen) atoms. The van der Waals surface area contributed by atoms with Crippen LogP contribution in [0.25, 0.3) is 10.9 Å². The molecular weight excluding hydrogens is 520 g/mol. The topological polar surface area (TPSA) is 52.5 Å². The number of rotatable bonds is 12. The quantitative estimate of drug-likeness (QED) is 0.169. The molecule has 1 N–H and O–H groups in total. The van der Waals surface area contributed by atoms with Gasteiger partial charge in [-0.2, -0.15) is 0 Å². The first-order valence-electron chi connectivity index (χ1n) is 14.7. The summed E-state index contributed by atoms with van der Waals surface area (Å²) >= 11 is 0. The zero-order valence-corrected chi connectivity index (χ0v) is 25.0. The number of nitrogens with one attached hydrogen (secondary N) is 1. The van der Waals surface area contributed by atoms with Gasteiger partial charge in [-0.25, -0.2) is 0 Å². The molecule has 0 saturated heterocycles. The van der Waals surface area contributed by atoms with Gasteiger partial charge in [0.2, 0.25) is 5.91 Å². The third-order valence-corrected chi connectivity index (χ3v) is 7.59. The second-order valence-electron chi connectivity index (χ2n) is 11.4. The van der Waals surface area contributed by atoms with Crippen molar-refractivity contribution in [2.75, 3.05) is 13.7 Å². The van der Waals surface area contributed by atoms with E-state index in [1.165, 1.54) is 11.1 Å². The number of hydrogen-bond donors (Lipinski definition) is 1. The maximum absolute atomic E-state index is 13.3. The Labute approximate surface area is 249 Å². The molecule has 1 aromatic heterocycles. The number of ether oxygens (including phenoxy) is 2. The zero-order valence-electron chi connectivity index (χ0n) is 25.0. The highest BCUT2D eigenvalue weighted by atomic mass is 16.5. The SMILES string of the molecule is COc1ccc([C@@H](CC(=O)NCC(C)C)c2cn(Cc3ccc(C)cc3)c3ccccc23)cc1OCc1ccccc1. The summed E-state index contributed by atoms with van der Waals surface area (Å²) in [5.74, 6) is 1.56. The van der Waals surface area contributed by atoms with Crippen molar-refractivity contribution in [3.05, 3.63) is 131 Å². The van der Waals surface area contributed by atoms with Gasteiger partial charge in [0.25, 0.3) is 0 Å². The van der Waals surface area contributed by atoms with E-state index in [-0.39, 0.29) is 11.8 Å². The van der Waals surface area contributed by atoms with Crippen LogP contribution in [0, 0.1) is 12.8 Å². The first-order chi connectivity index (χ1) is 20.4. The molecule has 4 aromatic carbocycles. The Morgan fingerprint density at radius 1 is 0.857 bits per heavy atom. The zero-order chi connectivity index (χ0) is 29.5. The lowest BCUT2D eigenvalue weighted by atomic mass is 9.87. The number of nitrogens with zero attached hydrogens (tertiary/aromatic N) is 1. The summed E-state index contributed by atoms with van der Waals surface area (Å²) in [5.41, 5.74) is 6.84. The molecule has 0 bridgehead atoms. The van der Waals surface area contributed by atoms with Crippen LogP contribution in [0.3, 0.4) is 0 Å². The molecule has 5 heteroatoms. The minimum absolute atomic E-state index is 0.0339. The third-order valence-electron chi connectivity index (χ3n) is 7.59. The highest BCUT2D eigenvalue weighted by Gasteiger charge is 2.24. The molecule has 0 aliphatic rings. The first-order valence-corrected chi connectivity index (χ1v) is 14.7. The summed E-state index contributed by atoms with van der Waals surface area (Å²) in [6, 6.07) is 33.3. The van der Waals surface area contributed by atoms with Crippen LogP contribution in [0.15, 0.2) is 103 Å². The van der Waals surface area contributed by atoms with Crippen molar-refractivity contribution in [1.82, 2.24) is 9.88 Å². The minimum Gasteiger partial charge on any atom is -0.493 e. The number of aryl methyl sites for hydroxylation is 1. The maximum atomic E-state index is 13.3. The lowest BCUT2D eigenvalue weighted by Crippen LogP contribution is -2.28. The van der Waals surface area contributed by atoms with Crippen LogP contribution >= 0.6 is 0 Å². The van der Waals surface area contributed by atoms with E-state index in [1.807, 2.05) is 42.5 Å². The number of para-hydroxylation sites is 1. The molecule has 1 amide bonds. The van der Waals surface area contributed by atoms with Gasteiger partial charge < -0.3 is 19.4 Å². The summed E-state index contributed by atoms with van der Waals surface area (Å²) in [5, 5.41) is 4.28. The lowest BCUT2D eigenvalue weighted by Gasteiger charge is -2.20. The molecule has 0 aliphatic carbocycles. The second kappa shape index (κ2) is 13.4. The monoisotopic (exact) mass is 560 g/mol. The lowest BCUT2D eigenvalue weighted by molar-refractivity contribution is -0.121. The second-order valence-corrected chi connectivity index (χ2v) is 11.4. The van der Waals surface area contributed by atoms with Gasteiger partial charge in [0.05, 0.1) is 7.11 Å². The van der Waals surface area contributed by atoms with E-state index in [2.05, 4.69) is 91.4 Å². The summed E-state index contributed by atoms with van der Waals surface area (Å²) < 4.78 is 14.2. The van der Waals surface area contributed by atoms with Crippen molar-refractivity contribution in [3.63, 3.8) is 0 Å². The fraction of sp³-hybridized carbons (Fsp3) is 0.270. The van der Waals surface area contributed by atoms with Crippen LogP contribution in [0.1, 0.15) is 54.0 Å². The van der Waals surface area contributed by atoms with E-state index in [1.54, 1.807) is 7.11 Å². The fourth-order valence-electron chi connectivity index (χ4n) is 5.31. The van der Waals surface area contributed by atoms with Crippen LogP contribution in [-0.2, 0) is 17.9 Å². The molecule has 0 spiro atoms. The van der Waals surface area contributed by atoms with Crippen LogP contribution in [0.2, 0.25) is 0 Å². The van der Waals surface area contributed by atoms with Gasteiger partial charge in [0.15, 0.2) is 11.5 Å². The van der Waals surface area contributed by atoms with Crippen molar-refractivity contribution in [3.8, 4) is 11.5 Å². The van der Waals surface area contributed by atoms with Gasteiger partial charge in [-0.15, -0.1) is 0 Å². The van der Waals surface area contributed by atoms with E-state index in [9.17, 15) is 4.79 Å². The number of benzene rings is 4. The fourth-order valence-corrected chi connectivity index (χ4v) is 5.31. The number of hydrogen-bond acceptors (Lipinski definition) is 3. The van der Waals surface area contributed by atoms with Gasteiger partial charge in [0.1, 0.15) is 6.61 Å². The van der Waals surface area contributed by atoms with Gasteiger partial charge >= 0.3 is 0 Å². The van der Waals surface area contributed by atoms with Crippen LogP contribution in [0.4, 0.5) is 0 Å². The number of fused-ring (bicyclic) bond motifs is 1. The Bertz CT molecular complexity index is 1620. The minimum atomic E-state index is -0.175. The smallest absolute Gasteiger partial charge is 0.220 e. The molecule has 216 valence electrons. The molecule has 0 unspecified atom stereocenters. The van der Waals surface area contributed by atoms with Crippen molar-refractivity contribution >= 4 is 16.8 Å². The van der Waals surface area contributed by atoms with Gasteiger partial charge in [0, 0.05) is 42.5 Å². The Balaban J connectivity index is 1.55. The predicted octanol–water partition coefficient (Wildman–Crippen LogP) is 7.88. The third kappa shape index (κ3) is 7.03. The number of aromatic nitrogens is 1. The normalized spacial score (nSPS) is 11.9. The molecule has 5 aromatic rings. The molecule has 5 rings (SSSR count). The average Bonchev–Trinajstić information content (AvgIpc) is 3.37. The van der Waals surface area contributed by atoms with E-state index in [0.29, 0.717) is 37.0 Å². The van der Waals surface area contributed by atoms with Crippen LogP contribution in [-0.4, -0.2) is 24.1 Å². The summed E-state index contributed by atoms with van der Waals surface area (Å²) in [6.07, 6.45) is 2.55. The summed E-state index contributed by atoms with van der Waals surface area (Å²) in [6.45, 7) is 8.15. The molecule has 5 nitrogen and oxygen atoms in total. The van der Waals surface area contributed by atoms with E-state index >= 15 is 0 Å². The number of carbonyl (C=O) groups excluding carboxylic acids is 1. The molecule has 1 atom stereocenters. The molecule has 0 saturated carbocycles. The van der Waals surface area contributed by atoms with Crippen molar-refractivity contribution in [1.29, 1.82) is 0 Å².